The third kappa shape index (κ3) is 4.85. The Kier molecular flexibility index (Phi) is 7.71. The topological polar surface area (TPSA) is 84.2 Å². The van der Waals surface area contributed by atoms with E-state index in [2.05, 4.69) is 10.6 Å². The van der Waals surface area contributed by atoms with E-state index < -0.39 is 5.92 Å². The first-order valence-corrected chi connectivity index (χ1v) is 10.5. The summed E-state index contributed by atoms with van der Waals surface area (Å²) in [4.78, 5) is 25.7. The molecule has 0 aliphatic heterocycles. The average Bonchev–Trinajstić information content (AvgIpc) is 2.72. The molecule has 3 rings (SSSR count). The van der Waals surface area contributed by atoms with Crippen LogP contribution in [0.1, 0.15) is 52.8 Å². The first-order valence-electron chi connectivity index (χ1n) is 10.5. The fourth-order valence-electron chi connectivity index (χ4n) is 3.92. The molecule has 1 aliphatic carbocycles. The summed E-state index contributed by atoms with van der Waals surface area (Å²) < 4.78 is 0. The standard InChI is InChI=1S/C23H31N3O2/c24-12-6-16-26-14-2-1-13-25-15-5-11-20-22(27)18-9-3-7-17-8-4-10-19(21(17)18)23(20)28/h3-4,7-10,20,25-26H,1-2,5-6,11-16,24H2. The Morgan fingerprint density at radius 2 is 1.29 bits per heavy atom. The van der Waals surface area contributed by atoms with Gasteiger partial charge in [-0.25, -0.2) is 0 Å². The van der Waals surface area contributed by atoms with Crippen LogP contribution in [-0.4, -0.2) is 44.3 Å². The summed E-state index contributed by atoms with van der Waals surface area (Å²) in [6, 6.07) is 11.4. The van der Waals surface area contributed by atoms with Crippen molar-refractivity contribution < 1.29 is 9.59 Å². The Balaban J connectivity index is 1.41. The maximum atomic E-state index is 12.9. The van der Waals surface area contributed by atoms with Gasteiger partial charge in [-0.2, -0.15) is 0 Å². The lowest BCUT2D eigenvalue weighted by Crippen LogP contribution is -2.30. The minimum atomic E-state index is -0.533. The normalized spacial score (nSPS) is 14.2. The number of Topliss-reactive ketones (excluding diaryl/α,β-unsaturated/α-hetero) is 2. The Bertz CT molecular complexity index is 768. The number of unbranched alkanes of at least 4 members (excludes halogenated alkanes) is 1. The Hall–Kier alpha value is -2.08. The summed E-state index contributed by atoms with van der Waals surface area (Å²) in [6.45, 7) is 4.56. The zero-order valence-electron chi connectivity index (χ0n) is 16.5. The summed E-state index contributed by atoms with van der Waals surface area (Å²) in [5.41, 5.74) is 6.86. The average molecular weight is 382 g/mol. The largest absolute Gasteiger partial charge is 0.330 e. The smallest absolute Gasteiger partial charge is 0.174 e. The lowest BCUT2D eigenvalue weighted by molar-refractivity contribution is 0.0793. The minimum Gasteiger partial charge on any atom is -0.330 e. The second-order valence-electron chi connectivity index (χ2n) is 7.48. The van der Waals surface area contributed by atoms with Gasteiger partial charge in [-0.05, 0) is 70.2 Å². The molecule has 2 aromatic rings. The highest BCUT2D eigenvalue weighted by molar-refractivity contribution is 6.29. The van der Waals surface area contributed by atoms with Crippen molar-refractivity contribution in [1.29, 1.82) is 0 Å². The van der Waals surface area contributed by atoms with Crippen molar-refractivity contribution in [1.82, 2.24) is 10.6 Å². The monoisotopic (exact) mass is 381 g/mol. The maximum absolute atomic E-state index is 12.9. The van der Waals surface area contributed by atoms with Gasteiger partial charge in [-0.3, -0.25) is 9.59 Å². The van der Waals surface area contributed by atoms with Crippen LogP contribution in [0, 0.1) is 5.92 Å². The van der Waals surface area contributed by atoms with Gasteiger partial charge in [0.15, 0.2) is 11.6 Å². The van der Waals surface area contributed by atoms with Gasteiger partial charge in [0.25, 0.3) is 0 Å². The lowest BCUT2D eigenvalue weighted by atomic mass is 9.78. The SMILES string of the molecule is NCCCNCCCCNCCCC1C(=O)c2cccc3cccc(c23)C1=O. The van der Waals surface area contributed by atoms with E-state index in [1.165, 1.54) is 0 Å². The van der Waals surface area contributed by atoms with E-state index in [1.54, 1.807) is 0 Å². The van der Waals surface area contributed by atoms with Crippen LogP contribution in [0.4, 0.5) is 0 Å². The van der Waals surface area contributed by atoms with Crippen molar-refractivity contribution in [2.75, 3.05) is 32.7 Å². The molecular weight excluding hydrogens is 350 g/mol. The summed E-state index contributed by atoms with van der Waals surface area (Å²) in [7, 11) is 0. The van der Waals surface area contributed by atoms with Crippen molar-refractivity contribution in [3.8, 4) is 0 Å². The van der Waals surface area contributed by atoms with E-state index in [-0.39, 0.29) is 11.6 Å². The number of carbonyl (C=O) groups excluding carboxylic acids is 2. The van der Waals surface area contributed by atoms with Gasteiger partial charge in [0, 0.05) is 16.5 Å². The highest BCUT2D eigenvalue weighted by Crippen LogP contribution is 2.33. The van der Waals surface area contributed by atoms with Crippen LogP contribution in [-0.2, 0) is 0 Å². The van der Waals surface area contributed by atoms with Gasteiger partial charge >= 0.3 is 0 Å². The van der Waals surface area contributed by atoms with Crippen molar-refractivity contribution in [2.24, 2.45) is 11.7 Å². The van der Waals surface area contributed by atoms with E-state index in [0.717, 1.165) is 69.2 Å². The number of hydrogen-bond donors (Lipinski definition) is 3. The molecule has 0 bridgehead atoms. The van der Waals surface area contributed by atoms with E-state index in [9.17, 15) is 9.59 Å². The molecule has 0 saturated carbocycles. The molecule has 0 radical (unpaired) electrons. The van der Waals surface area contributed by atoms with Crippen LogP contribution >= 0.6 is 0 Å². The molecule has 0 saturated heterocycles. The van der Waals surface area contributed by atoms with Gasteiger partial charge < -0.3 is 16.4 Å². The molecule has 4 N–H and O–H groups in total. The second kappa shape index (κ2) is 10.5. The molecule has 0 fully saturated rings. The number of ketones is 2. The third-order valence-corrected chi connectivity index (χ3v) is 5.43. The van der Waals surface area contributed by atoms with E-state index >= 15 is 0 Å². The predicted octanol–water partition coefficient (Wildman–Crippen LogP) is 2.92. The van der Waals surface area contributed by atoms with Crippen LogP contribution in [0.3, 0.4) is 0 Å². The van der Waals surface area contributed by atoms with Crippen LogP contribution in [0.2, 0.25) is 0 Å². The van der Waals surface area contributed by atoms with Crippen molar-refractivity contribution >= 4 is 22.3 Å². The van der Waals surface area contributed by atoms with Gasteiger partial charge in [-0.1, -0.05) is 36.4 Å². The van der Waals surface area contributed by atoms with Crippen molar-refractivity contribution in [3.63, 3.8) is 0 Å². The number of benzene rings is 2. The Morgan fingerprint density at radius 1 is 0.750 bits per heavy atom. The maximum Gasteiger partial charge on any atom is 0.174 e. The highest BCUT2D eigenvalue weighted by atomic mass is 16.2. The highest BCUT2D eigenvalue weighted by Gasteiger charge is 2.34. The predicted molar refractivity (Wildman–Crippen MR) is 114 cm³/mol. The summed E-state index contributed by atoms with van der Waals surface area (Å²) in [6.07, 6.45) is 4.71. The molecule has 0 unspecified atom stereocenters. The minimum absolute atomic E-state index is 0.0159. The van der Waals surface area contributed by atoms with E-state index in [4.69, 9.17) is 5.73 Å². The molecule has 150 valence electrons. The fourth-order valence-corrected chi connectivity index (χ4v) is 3.92. The van der Waals surface area contributed by atoms with Crippen LogP contribution < -0.4 is 16.4 Å². The molecule has 0 spiro atoms. The molecule has 0 aromatic heterocycles. The fraction of sp³-hybridized carbons (Fsp3) is 0.478. The van der Waals surface area contributed by atoms with Gasteiger partial charge in [0.1, 0.15) is 0 Å². The number of hydrogen-bond acceptors (Lipinski definition) is 5. The molecule has 2 aromatic carbocycles. The van der Waals surface area contributed by atoms with Crippen LogP contribution in [0.15, 0.2) is 36.4 Å². The molecule has 0 amide bonds. The Morgan fingerprint density at radius 3 is 1.86 bits per heavy atom. The van der Waals surface area contributed by atoms with Crippen LogP contribution in [0.5, 0.6) is 0 Å². The van der Waals surface area contributed by atoms with Crippen molar-refractivity contribution in [3.05, 3.63) is 47.5 Å². The summed E-state index contributed by atoms with van der Waals surface area (Å²) in [5.74, 6) is -0.565. The Labute approximate surface area is 167 Å². The van der Waals surface area contributed by atoms with Gasteiger partial charge in [0.2, 0.25) is 0 Å². The first kappa shape index (κ1) is 20.6. The van der Waals surface area contributed by atoms with E-state index in [1.807, 2.05) is 36.4 Å². The molecule has 0 heterocycles. The number of rotatable bonds is 12. The third-order valence-electron chi connectivity index (χ3n) is 5.43. The molecule has 1 aliphatic rings. The first-order chi connectivity index (χ1) is 13.7. The van der Waals surface area contributed by atoms with E-state index in [0.29, 0.717) is 17.5 Å². The van der Waals surface area contributed by atoms with Gasteiger partial charge in [-0.15, -0.1) is 0 Å². The molecule has 5 nitrogen and oxygen atoms in total. The van der Waals surface area contributed by atoms with Crippen LogP contribution in [0.25, 0.3) is 10.8 Å². The van der Waals surface area contributed by atoms with Crippen molar-refractivity contribution in [2.45, 2.75) is 32.1 Å². The zero-order valence-corrected chi connectivity index (χ0v) is 16.5. The number of nitrogens with two attached hydrogens (primary N) is 1. The number of carbonyl (C=O) groups is 2. The molecule has 28 heavy (non-hydrogen) atoms. The summed E-state index contributed by atoms with van der Waals surface area (Å²) in [5, 5.41) is 8.60. The lowest BCUT2D eigenvalue weighted by Gasteiger charge is -2.23. The second-order valence-corrected chi connectivity index (χ2v) is 7.48. The van der Waals surface area contributed by atoms with Gasteiger partial charge in [0.05, 0.1) is 5.92 Å². The molecular formula is C23H31N3O2. The zero-order chi connectivity index (χ0) is 19.8. The molecule has 0 atom stereocenters. The quantitative estimate of drug-likeness (QED) is 0.389. The molecule has 5 heteroatoms. The number of nitrogens with one attached hydrogen (secondary N) is 2. The summed E-state index contributed by atoms with van der Waals surface area (Å²) >= 11 is 0.